The van der Waals surface area contributed by atoms with Crippen LogP contribution in [0.5, 0.6) is 0 Å². The normalized spacial score (nSPS) is 46.7. The van der Waals surface area contributed by atoms with Crippen molar-refractivity contribution in [2.24, 2.45) is 34.5 Å². The molecule has 3 unspecified atom stereocenters. The van der Waals surface area contributed by atoms with Crippen molar-refractivity contribution in [2.75, 3.05) is 0 Å². The molecule has 4 rings (SSSR count). The fourth-order valence-electron chi connectivity index (χ4n) is 7.84. The van der Waals surface area contributed by atoms with E-state index in [-0.39, 0.29) is 10.5 Å². The Bertz CT molecular complexity index is 635. The lowest BCUT2D eigenvalue weighted by Gasteiger charge is -2.60. The van der Waals surface area contributed by atoms with E-state index in [9.17, 15) is 4.79 Å². The molecule has 0 saturated heterocycles. The summed E-state index contributed by atoms with van der Waals surface area (Å²) in [5, 5.41) is 0.284. The first-order chi connectivity index (χ1) is 12.9. The molecule has 0 aromatic rings. The van der Waals surface area contributed by atoms with E-state index in [2.05, 4.69) is 47.7 Å². The molecule has 0 radical (unpaired) electrons. The summed E-state index contributed by atoms with van der Waals surface area (Å²) in [6.07, 6.45) is 11.4. The van der Waals surface area contributed by atoms with E-state index in [0.29, 0.717) is 23.2 Å². The van der Waals surface area contributed by atoms with Gasteiger partial charge < -0.3 is 4.43 Å². The molecule has 0 heterocycles. The Kier molecular flexibility index (Phi) is 5.03. The van der Waals surface area contributed by atoms with Gasteiger partial charge in [0.15, 0.2) is 8.32 Å². The molecule has 7 atom stereocenters. The largest absolute Gasteiger partial charge is 0.413 e. The number of carbonyl (C=O) groups excluding carboxylic acids is 1. The fraction of sp³-hybridized carbons (Fsp3) is 0.960. The Morgan fingerprint density at radius 2 is 1.61 bits per heavy atom. The van der Waals surface area contributed by atoms with Crippen LogP contribution < -0.4 is 0 Å². The summed E-state index contributed by atoms with van der Waals surface area (Å²) >= 11 is 0. The second kappa shape index (κ2) is 6.67. The zero-order chi connectivity index (χ0) is 20.5. The van der Waals surface area contributed by atoms with E-state index in [1.54, 1.807) is 0 Å². The number of hydrogen-bond donors (Lipinski definition) is 0. The molecule has 3 heteroatoms. The van der Waals surface area contributed by atoms with Crippen LogP contribution in [0.3, 0.4) is 0 Å². The summed E-state index contributed by atoms with van der Waals surface area (Å²) in [5.41, 5.74) is 0.649. The molecule has 0 spiro atoms. The third kappa shape index (κ3) is 3.01. The predicted octanol–water partition coefficient (Wildman–Crippen LogP) is 6.99. The van der Waals surface area contributed by atoms with E-state index < -0.39 is 8.32 Å². The van der Waals surface area contributed by atoms with Gasteiger partial charge in [0.2, 0.25) is 0 Å². The van der Waals surface area contributed by atoms with Crippen LogP contribution in [0, 0.1) is 34.5 Å². The molecule has 28 heavy (non-hydrogen) atoms. The first kappa shape index (κ1) is 21.1. The van der Waals surface area contributed by atoms with Gasteiger partial charge in [-0.15, -0.1) is 0 Å². The number of rotatable bonds is 2. The quantitative estimate of drug-likeness (QED) is 0.464. The van der Waals surface area contributed by atoms with Gasteiger partial charge in [-0.05, 0) is 98.1 Å². The topological polar surface area (TPSA) is 26.3 Å². The van der Waals surface area contributed by atoms with E-state index in [0.717, 1.165) is 37.0 Å². The molecular formula is C25H44O2Si. The first-order valence-corrected chi connectivity index (χ1v) is 15.0. The van der Waals surface area contributed by atoms with Crippen molar-refractivity contribution in [3.05, 3.63) is 0 Å². The van der Waals surface area contributed by atoms with Gasteiger partial charge >= 0.3 is 0 Å². The van der Waals surface area contributed by atoms with Crippen LogP contribution in [0.25, 0.3) is 0 Å². The molecule has 4 aliphatic carbocycles. The van der Waals surface area contributed by atoms with Crippen molar-refractivity contribution in [1.29, 1.82) is 0 Å². The lowest BCUT2D eigenvalue weighted by molar-refractivity contribution is -0.150. The Balaban J connectivity index is 1.56. The second-order valence-corrected chi connectivity index (χ2v) is 17.6. The van der Waals surface area contributed by atoms with E-state index in [4.69, 9.17) is 4.43 Å². The predicted molar refractivity (Wildman–Crippen MR) is 119 cm³/mol. The van der Waals surface area contributed by atoms with E-state index in [1.165, 1.54) is 38.5 Å². The lowest BCUT2D eigenvalue weighted by Crippen LogP contribution is -2.56. The fourth-order valence-corrected chi connectivity index (χ4v) is 9.29. The zero-order valence-electron chi connectivity index (χ0n) is 19.6. The summed E-state index contributed by atoms with van der Waals surface area (Å²) in [4.78, 5) is 12.7. The number of ketones is 1. The van der Waals surface area contributed by atoms with Gasteiger partial charge in [-0.2, -0.15) is 0 Å². The average Bonchev–Trinajstić information content (AvgIpc) is 2.90. The van der Waals surface area contributed by atoms with Crippen LogP contribution in [0.2, 0.25) is 18.1 Å². The molecule has 4 saturated carbocycles. The molecule has 2 nitrogen and oxygen atoms in total. The van der Waals surface area contributed by atoms with Gasteiger partial charge in [-0.25, -0.2) is 0 Å². The Hall–Kier alpha value is -0.153. The third-order valence-corrected chi connectivity index (χ3v) is 15.0. The summed E-state index contributed by atoms with van der Waals surface area (Å²) in [6.45, 7) is 17.0. The standard InChI is InChI=1S/C25H44O2Si/c1-23(2,3)28(6,7)27-22-13-12-18-17-10-11-20-21(26)9-8-15-24(20,4)19(17)14-16-25(18,22)5/h17-20,22H,8-16H2,1-7H3/t17-,18-,19?,20?,22?,24+,25-/m0/s1. The van der Waals surface area contributed by atoms with Crippen molar-refractivity contribution < 1.29 is 9.22 Å². The molecule has 0 aliphatic heterocycles. The maximum absolute atomic E-state index is 12.7. The highest BCUT2D eigenvalue weighted by molar-refractivity contribution is 6.74. The minimum atomic E-state index is -1.73. The van der Waals surface area contributed by atoms with Crippen LogP contribution in [-0.4, -0.2) is 20.2 Å². The summed E-state index contributed by atoms with van der Waals surface area (Å²) in [7, 11) is -1.73. The van der Waals surface area contributed by atoms with Gasteiger partial charge in [-0.1, -0.05) is 34.6 Å². The van der Waals surface area contributed by atoms with Gasteiger partial charge in [0, 0.05) is 12.3 Å². The first-order valence-electron chi connectivity index (χ1n) is 12.1. The number of Topliss-reactive ketones (excluding diaryl/α,β-unsaturated/α-hetero) is 1. The molecule has 0 aromatic carbocycles. The molecule has 0 N–H and O–H groups in total. The van der Waals surface area contributed by atoms with Gasteiger partial charge in [0.05, 0.1) is 6.10 Å². The summed E-state index contributed by atoms with van der Waals surface area (Å²) < 4.78 is 7.05. The third-order valence-electron chi connectivity index (χ3n) is 10.6. The Morgan fingerprint density at radius 3 is 2.29 bits per heavy atom. The minimum absolute atomic E-state index is 0.284. The number of fused-ring (bicyclic) bond motifs is 5. The molecule has 160 valence electrons. The maximum Gasteiger partial charge on any atom is 0.192 e. The van der Waals surface area contributed by atoms with Crippen LogP contribution in [0.4, 0.5) is 0 Å². The van der Waals surface area contributed by atoms with Gasteiger partial charge in [-0.3, -0.25) is 4.79 Å². The van der Waals surface area contributed by atoms with Crippen molar-refractivity contribution in [1.82, 2.24) is 0 Å². The van der Waals surface area contributed by atoms with Crippen molar-refractivity contribution in [2.45, 2.75) is 117 Å². The number of hydrogen-bond acceptors (Lipinski definition) is 2. The van der Waals surface area contributed by atoms with E-state index >= 15 is 0 Å². The molecule has 4 aliphatic rings. The van der Waals surface area contributed by atoms with Crippen molar-refractivity contribution >= 4 is 14.1 Å². The van der Waals surface area contributed by atoms with Crippen molar-refractivity contribution in [3.63, 3.8) is 0 Å². The van der Waals surface area contributed by atoms with Gasteiger partial charge in [0.1, 0.15) is 5.78 Å². The van der Waals surface area contributed by atoms with Crippen LogP contribution >= 0.6 is 0 Å². The zero-order valence-corrected chi connectivity index (χ0v) is 20.6. The molecular weight excluding hydrogens is 360 g/mol. The Labute approximate surface area is 174 Å². The lowest BCUT2D eigenvalue weighted by atomic mass is 9.45. The smallest absolute Gasteiger partial charge is 0.192 e. The highest BCUT2D eigenvalue weighted by Gasteiger charge is 2.61. The van der Waals surface area contributed by atoms with Gasteiger partial charge in [0.25, 0.3) is 0 Å². The average molecular weight is 405 g/mol. The van der Waals surface area contributed by atoms with Crippen molar-refractivity contribution in [3.8, 4) is 0 Å². The highest BCUT2D eigenvalue weighted by atomic mass is 28.4. The molecule has 0 aromatic heterocycles. The van der Waals surface area contributed by atoms with Crippen LogP contribution in [0.1, 0.15) is 92.4 Å². The molecule has 4 fully saturated rings. The highest BCUT2D eigenvalue weighted by Crippen LogP contribution is 2.66. The maximum atomic E-state index is 12.7. The van der Waals surface area contributed by atoms with Crippen LogP contribution in [0.15, 0.2) is 0 Å². The second-order valence-electron chi connectivity index (χ2n) is 12.8. The minimum Gasteiger partial charge on any atom is -0.413 e. The monoisotopic (exact) mass is 404 g/mol. The molecule has 0 amide bonds. The number of carbonyl (C=O) groups is 1. The Morgan fingerprint density at radius 1 is 0.929 bits per heavy atom. The van der Waals surface area contributed by atoms with Crippen LogP contribution in [-0.2, 0) is 9.22 Å². The SMILES string of the molecule is CC(C)(C)[Si](C)(C)OC1CC[C@H]2[C@@H]3CCC4C(=O)CCC[C@]4(C)C3CC[C@]12C. The molecule has 0 bridgehead atoms. The summed E-state index contributed by atoms with van der Waals surface area (Å²) in [5.74, 6) is 3.38. The van der Waals surface area contributed by atoms with E-state index in [1.807, 2.05) is 0 Å². The summed E-state index contributed by atoms with van der Waals surface area (Å²) in [6, 6.07) is 0.